The number of thioether (sulfide) groups is 1. The summed E-state index contributed by atoms with van der Waals surface area (Å²) in [6.07, 6.45) is 0.262. The van der Waals surface area contributed by atoms with E-state index in [2.05, 4.69) is 36.5 Å². The van der Waals surface area contributed by atoms with Gasteiger partial charge in [0.25, 0.3) is 0 Å². The molecular weight excluding hydrogens is 370 g/mol. The molecule has 146 valence electrons. The number of carbonyl (C=O) groups is 2. The van der Waals surface area contributed by atoms with Crippen LogP contribution in [0.4, 0.5) is 5.69 Å². The van der Waals surface area contributed by atoms with E-state index >= 15 is 0 Å². The van der Waals surface area contributed by atoms with Crippen molar-refractivity contribution in [3.8, 4) is 0 Å². The highest BCUT2D eigenvalue weighted by molar-refractivity contribution is 8.01. The van der Waals surface area contributed by atoms with E-state index in [1.165, 1.54) is 27.8 Å². The Kier molecular flexibility index (Phi) is 5.69. The van der Waals surface area contributed by atoms with Crippen molar-refractivity contribution in [3.05, 3.63) is 59.7 Å². The van der Waals surface area contributed by atoms with Crippen molar-refractivity contribution in [1.82, 2.24) is 4.90 Å². The number of fused-ring (bicyclic) bond motifs is 1. The molecule has 4 rings (SSSR count). The lowest BCUT2D eigenvalue weighted by molar-refractivity contribution is -0.917. The van der Waals surface area contributed by atoms with Crippen molar-refractivity contribution in [3.63, 3.8) is 0 Å². The summed E-state index contributed by atoms with van der Waals surface area (Å²) in [5, 5.41) is 2.58. The lowest BCUT2D eigenvalue weighted by Crippen LogP contribution is -3.13. The summed E-state index contributed by atoms with van der Waals surface area (Å²) in [5.41, 5.74) is 3.48. The lowest BCUT2D eigenvalue weighted by Gasteiger charge is -2.33. The van der Waals surface area contributed by atoms with Gasteiger partial charge in [0.05, 0.1) is 37.1 Å². The third-order valence-corrected chi connectivity index (χ3v) is 6.70. The standard InChI is InChI=1S/C22H25N3O2S/c1-16-5-4-6-17(13-16)15-24-9-11-25(12-10-24)21(26)14-20-22(27)23-18-7-2-3-8-19(18)28-20/h2-8,13,20H,9-12,14-15H2,1H3,(H,23,27)/p+1/t20-/m0/s1. The van der Waals surface area contributed by atoms with Gasteiger partial charge in [-0.25, -0.2) is 0 Å². The molecule has 1 fully saturated rings. The van der Waals surface area contributed by atoms with Gasteiger partial charge in [0.15, 0.2) is 0 Å². The smallest absolute Gasteiger partial charge is 0.238 e. The first-order chi connectivity index (χ1) is 13.6. The first kappa shape index (κ1) is 19.0. The third-order valence-electron chi connectivity index (χ3n) is 5.43. The summed E-state index contributed by atoms with van der Waals surface area (Å²) in [4.78, 5) is 29.6. The zero-order valence-corrected chi connectivity index (χ0v) is 16.9. The van der Waals surface area contributed by atoms with Crippen LogP contribution < -0.4 is 10.2 Å². The summed E-state index contributed by atoms with van der Waals surface area (Å²) in [7, 11) is 0. The zero-order valence-electron chi connectivity index (χ0n) is 16.1. The monoisotopic (exact) mass is 396 g/mol. The molecule has 5 nitrogen and oxygen atoms in total. The Hall–Kier alpha value is -2.31. The highest BCUT2D eigenvalue weighted by Gasteiger charge is 2.32. The largest absolute Gasteiger partial charge is 0.331 e. The SMILES string of the molecule is Cc1cccc(C[NH+]2CCN(C(=O)C[C@@H]3Sc4ccccc4NC3=O)CC2)c1. The molecule has 2 aromatic rings. The fourth-order valence-electron chi connectivity index (χ4n) is 3.87. The Labute approximate surface area is 170 Å². The number of carbonyl (C=O) groups excluding carboxylic acids is 2. The van der Waals surface area contributed by atoms with Gasteiger partial charge in [-0.05, 0) is 19.1 Å². The van der Waals surface area contributed by atoms with E-state index < -0.39 is 0 Å². The van der Waals surface area contributed by atoms with E-state index in [0.717, 1.165) is 43.3 Å². The Morgan fingerprint density at radius 1 is 1.18 bits per heavy atom. The van der Waals surface area contributed by atoms with Crippen LogP contribution in [0.25, 0.3) is 0 Å². The number of rotatable bonds is 4. The number of hydrogen-bond acceptors (Lipinski definition) is 3. The summed E-state index contributed by atoms with van der Waals surface area (Å²) < 4.78 is 0. The first-order valence-corrected chi connectivity index (χ1v) is 10.7. The molecule has 0 bridgehead atoms. The summed E-state index contributed by atoms with van der Waals surface area (Å²) in [6.45, 7) is 6.54. The minimum atomic E-state index is -0.347. The number of hydrogen-bond donors (Lipinski definition) is 2. The van der Waals surface area contributed by atoms with Crippen molar-refractivity contribution in [1.29, 1.82) is 0 Å². The van der Waals surface area contributed by atoms with Crippen molar-refractivity contribution in [2.75, 3.05) is 31.5 Å². The van der Waals surface area contributed by atoms with E-state index in [-0.39, 0.29) is 23.5 Å². The van der Waals surface area contributed by atoms with Gasteiger partial charge in [0, 0.05) is 16.9 Å². The second-order valence-electron chi connectivity index (χ2n) is 7.59. The average molecular weight is 397 g/mol. The molecular formula is C22H26N3O2S+. The molecule has 1 saturated heterocycles. The Morgan fingerprint density at radius 2 is 1.96 bits per heavy atom. The highest BCUT2D eigenvalue weighted by Crippen LogP contribution is 2.36. The fourth-order valence-corrected chi connectivity index (χ4v) is 4.98. The Bertz CT molecular complexity index is 878. The molecule has 2 heterocycles. The molecule has 0 aromatic heterocycles. The number of benzene rings is 2. The van der Waals surface area contributed by atoms with Crippen LogP contribution in [0.15, 0.2) is 53.4 Å². The van der Waals surface area contributed by atoms with E-state index in [1.54, 1.807) is 0 Å². The van der Waals surface area contributed by atoms with Gasteiger partial charge in [-0.15, -0.1) is 11.8 Å². The van der Waals surface area contributed by atoms with Crippen LogP contribution in [0.3, 0.4) is 0 Å². The fraction of sp³-hybridized carbons (Fsp3) is 0.364. The molecule has 1 atom stereocenters. The van der Waals surface area contributed by atoms with Crippen LogP contribution in [0.1, 0.15) is 17.5 Å². The van der Waals surface area contributed by atoms with Crippen LogP contribution >= 0.6 is 11.8 Å². The molecule has 2 aliphatic heterocycles. The van der Waals surface area contributed by atoms with Gasteiger partial charge >= 0.3 is 0 Å². The van der Waals surface area contributed by atoms with E-state index in [1.807, 2.05) is 29.2 Å². The molecule has 2 aromatic carbocycles. The van der Waals surface area contributed by atoms with Gasteiger partial charge in [0.2, 0.25) is 11.8 Å². The molecule has 2 amide bonds. The first-order valence-electron chi connectivity index (χ1n) is 9.82. The number of quaternary nitrogens is 1. The second-order valence-corrected chi connectivity index (χ2v) is 8.84. The molecule has 6 heteroatoms. The van der Waals surface area contributed by atoms with Crippen LogP contribution in [-0.2, 0) is 16.1 Å². The number of nitrogens with zero attached hydrogens (tertiary/aromatic N) is 1. The predicted octanol–water partition coefficient (Wildman–Crippen LogP) is 1.73. The normalized spacial score (nSPS) is 19.8. The van der Waals surface area contributed by atoms with Crippen molar-refractivity contribution in [2.24, 2.45) is 0 Å². The van der Waals surface area contributed by atoms with Crippen LogP contribution in [0.2, 0.25) is 0 Å². The predicted molar refractivity (Wildman–Crippen MR) is 111 cm³/mol. The molecule has 0 saturated carbocycles. The maximum absolute atomic E-state index is 12.8. The van der Waals surface area contributed by atoms with Gasteiger partial charge in [-0.2, -0.15) is 0 Å². The van der Waals surface area contributed by atoms with Gasteiger partial charge in [0.1, 0.15) is 6.54 Å². The molecule has 2 N–H and O–H groups in total. The molecule has 0 radical (unpaired) electrons. The number of para-hydroxylation sites is 1. The quantitative estimate of drug-likeness (QED) is 0.828. The van der Waals surface area contributed by atoms with E-state index in [4.69, 9.17) is 0 Å². The van der Waals surface area contributed by atoms with Gasteiger partial charge in [-0.3, -0.25) is 9.59 Å². The average Bonchev–Trinajstić information content (AvgIpc) is 2.69. The second kappa shape index (κ2) is 8.37. The molecule has 28 heavy (non-hydrogen) atoms. The molecule has 2 aliphatic rings. The topological polar surface area (TPSA) is 53.9 Å². The maximum Gasteiger partial charge on any atom is 0.238 e. The highest BCUT2D eigenvalue weighted by atomic mass is 32.2. The number of aryl methyl sites for hydroxylation is 1. The third kappa shape index (κ3) is 4.39. The summed E-state index contributed by atoms with van der Waals surface area (Å²) in [5.74, 6) is 0.0161. The van der Waals surface area contributed by atoms with Gasteiger partial charge in [-0.1, -0.05) is 42.0 Å². The maximum atomic E-state index is 12.8. The lowest BCUT2D eigenvalue weighted by atomic mass is 10.1. The van der Waals surface area contributed by atoms with Crippen molar-refractivity contribution in [2.45, 2.75) is 30.0 Å². The Balaban J connectivity index is 1.29. The zero-order chi connectivity index (χ0) is 19.5. The summed E-state index contributed by atoms with van der Waals surface area (Å²) >= 11 is 1.50. The number of piperazine rings is 1. The van der Waals surface area contributed by atoms with Gasteiger partial charge < -0.3 is 15.1 Å². The molecule has 0 unspecified atom stereocenters. The minimum absolute atomic E-state index is 0.0687. The molecule has 0 aliphatic carbocycles. The molecule has 0 spiro atoms. The Morgan fingerprint density at radius 3 is 2.75 bits per heavy atom. The van der Waals surface area contributed by atoms with E-state index in [0.29, 0.717) is 0 Å². The van der Waals surface area contributed by atoms with Crippen molar-refractivity contribution < 1.29 is 14.5 Å². The van der Waals surface area contributed by atoms with Crippen molar-refractivity contribution >= 4 is 29.3 Å². The number of nitrogens with one attached hydrogen (secondary N) is 2. The van der Waals surface area contributed by atoms with Crippen LogP contribution in [-0.4, -0.2) is 48.1 Å². The van der Waals surface area contributed by atoms with Crippen LogP contribution in [0.5, 0.6) is 0 Å². The summed E-state index contributed by atoms with van der Waals surface area (Å²) in [6, 6.07) is 16.4. The number of amides is 2. The van der Waals surface area contributed by atoms with Crippen LogP contribution in [0, 0.1) is 6.92 Å². The van der Waals surface area contributed by atoms with E-state index in [9.17, 15) is 9.59 Å². The minimum Gasteiger partial charge on any atom is -0.331 e. The number of anilines is 1.